The van der Waals surface area contributed by atoms with E-state index in [1.54, 1.807) is 6.07 Å². The SMILES string of the molecule is CCNC1CSCC1Cc1ccc(Br)cc1F. The molecule has 94 valence electrons. The highest BCUT2D eigenvalue weighted by Gasteiger charge is 2.27. The quantitative estimate of drug-likeness (QED) is 0.912. The maximum absolute atomic E-state index is 13.8. The first kappa shape index (κ1) is 13.4. The molecule has 1 N–H and O–H groups in total. The smallest absolute Gasteiger partial charge is 0.127 e. The highest BCUT2D eigenvalue weighted by atomic mass is 79.9. The third kappa shape index (κ3) is 3.46. The third-order valence-electron chi connectivity index (χ3n) is 3.16. The predicted molar refractivity (Wildman–Crippen MR) is 76.1 cm³/mol. The molecule has 1 fully saturated rings. The average molecular weight is 318 g/mol. The van der Waals surface area contributed by atoms with E-state index in [0.717, 1.165) is 34.5 Å². The van der Waals surface area contributed by atoms with Crippen molar-refractivity contribution in [2.45, 2.75) is 19.4 Å². The summed E-state index contributed by atoms with van der Waals surface area (Å²) in [7, 11) is 0. The van der Waals surface area contributed by atoms with Gasteiger partial charge in [-0.3, -0.25) is 0 Å². The number of thioether (sulfide) groups is 1. The van der Waals surface area contributed by atoms with Gasteiger partial charge >= 0.3 is 0 Å². The summed E-state index contributed by atoms with van der Waals surface area (Å²) in [5.74, 6) is 2.74. The van der Waals surface area contributed by atoms with E-state index in [1.165, 1.54) is 0 Å². The van der Waals surface area contributed by atoms with Crippen LogP contribution in [0.2, 0.25) is 0 Å². The minimum atomic E-state index is -0.0912. The van der Waals surface area contributed by atoms with Crippen molar-refractivity contribution in [3.8, 4) is 0 Å². The van der Waals surface area contributed by atoms with E-state index in [0.29, 0.717) is 12.0 Å². The molecule has 2 unspecified atom stereocenters. The Labute approximate surface area is 115 Å². The van der Waals surface area contributed by atoms with Crippen molar-refractivity contribution in [1.82, 2.24) is 5.32 Å². The molecule has 1 aliphatic heterocycles. The van der Waals surface area contributed by atoms with Crippen molar-refractivity contribution < 1.29 is 4.39 Å². The zero-order valence-electron chi connectivity index (χ0n) is 9.88. The van der Waals surface area contributed by atoms with Crippen LogP contribution in [0.5, 0.6) is 0 Å². The number of halogens is 2. The maximum Gasteiger partial charge on any atom is 0.127 e. The average Bonchev–Trinajstić information content (AvgIpc) is 2.71. The van der Waals surface area contributed by atoms with E-state index < -0.39 is 0 Å². The highest BCUT2D eigenvalue weighted by Crippen LogP contribution is 2.28. The van der Waals surface area contributed by atoms with Crippen molar-refractivity contribution in [3.05, 3.63) is 34.1 Å². The fourth-order valence-electron chi connectivity index (χ4n) is 2.26. The molecule has 17 heavy (non-hydrogen) atoms. The van der Waals surface area contributed by atoms with Gasteiger partial charge in [-0.1, -0.05) is 28.9 Å². The topological polar surface area (TPSA) is 12.0 Å². The molecule has 0 spiro atoms. The highest BCUT2D eigenvalue weighted by molar-refractivity contribution is 9.10. The summed E-state index contributed by atoms with van der Waals surface area (Å²) in [4.78, 5) is 0. The van der Waals surface area contributed by atoms with Crippen LogP contribution in [0, 0.1) is 11.7 Å². The molecule has 0 radical (unpaired) electrons. The number of hydrogen-bond donors (Lipinski definition) is 1. The molecule has 1 nitrogen and oxygen atoms in total. The molecule has 1 aromatic carbocycles. The predicted octanol–water partition coefficient (Wildman–Crippen LogP) is 3.47. The lowest BCUT2D eigenvalue weighted by Crippen LogP contribution is -2.36. The standard InChI is InChI=1S/C13H17BrFNS/c1-2-16-13-8-17-7-10(13)5-9-3-4-11(14)6-12(9)15/h3-4,6,10,13,16H,2,5,7-8H2,1H3. The Morgan fingerprint density at radius 3 is 3.00 bits per heavy atom. The van der Waals surface area contributed by atoms with Gasteiger partial charge < -0.3 is 5.32 Å². The zero-order valence-corrected chi connectivity index (χ0v) is 12.3. The lowest BCUT2D eigenvalue weighted by atomic mass is 9.94. The van der Waals surface area contributed by atoms with Crippen LogP contribution in [0.15, 0.2) is 22.7 Å². The summed E-state index contributed by atoms with van der Waals surface area (Å²) in [6.07, 6.45) is 0.837. The fourth-order valence-corrected chi connectivity index (χ4v) is 4.02. The van der Waals surface area contributed by atoms with Crippen LogP contribution in [0.3, 0.4) is 0 Å². The molecule has 0 amide bonds. The Balaban J connectivity index is 2.04. The molecule has 1 aliphatic rings. The molecule has 2 atom stereocenters. The Morgan fingerprint density at radius 2 is 2.29 bits per heavy atom. The van der Waals surface area contributed by atoms with Gasteiger partial charge in [0.05, 0.1) is 0 Å². The van der Waals surface area contributed by atoms with Gasteiger partial charge in [0.1, 0.15) is 5.82 Å². The Morgan fingerprint density at radius 1 is 1.47 bits per heavy atom. The fraction of sp³-hybridized carbons (Fsp3) is 0.538. The summed E-state index contributed by atoms with van der Waals surface area (Å²) in [5, 5.41) is 3.49. The van der Waals surface area contributed by atoms with E-state index in [2.05, 4.69) is 28.2 Å². The summed E-state index contributed by atoms with van der Waals surface area (Å²) in [6, 6.07) is 5.90. The van der Waals surface area contributed by atoms with E-state index in [-0.39, 0.29) is 5.82 Å². The number of benzene rings is 1. The van der Waals surface area contributed by atoms with Gasteiger partial charge in [-0.15, -0.1) is 0 Å². The van der Waals surface area contributed by atoms with Crippen molar-refractivity contribution in [2.75, 3.05) is 18.1 Å². The van der Waals surface area contributed by atoms with Crippen molar-refractivity contribution in [3.63, 3.8) is 0 Å². The van der Waals surface area contributed by atoms with E-state index in [9.17, 15) is 4.39 Å². The van der Waals surface area contributed by atoms with Gasteiger partial charge in [-0.05, 0) is 42.3 Å². The molecule has 4 heteroatoms. The van der Waals surface area contributed by atoms with Crippen LogP contribution in [0.1, 0.15) is 12.5 Å². The van der Waals surface area contributed by atoms with Crippen LogP contribution in [0.25, 0.3) is 0 Å². The molecule has 2 rings (SSSR count). The molecular weight excluding hydrogens is 301 g/mol. The first-order chi connectivity index (χ1) is 8.20. The molecule has 0 saturated carbocycles. The second-order valence-corrected chi connectivity index (χ2v) is 6.39. The van der Waals surface area contributed by atoms with Gasteiger partial charge in [0.25, 0.3) is 0 Å². The minimum absolute atomic E-state index is 0.0912. The first-order valence-electron chi connectivity index (χ1n) is 5.95. The van der Waals surface area contributed by atoms with Crippen molar-refractivity contribution in [2.24, 2.45) is 5.92 Å². The summed E-state index contributed by atoms with van der Waals surface area (Å²) in [5.41, 5.74) is 0.837. The summed E-state index contributed by atoms with van der Waals surface area (Å²) >= 11 is 5.25. The molecule has 1 aromatic rings. The monoisotopic (exact) mass is 317 g/mol. The van der Waals surface area contributed by atoms with Crippen molar-refractivity contribution in [1.29, 1.82) is 0 Å². The lowest BCUT2D eigenvalue weighted by Gasteiger charge is -2.19. The summed E-state index contributed by atoms with van der Waals surface area (Å²) in [6.45, 7) is 3.12. The normalized spacial score (nSPS) is 24.2. The summed E-state index contributed by atoms with van der Waals surface area (Å²) < 4.78 is 14.6. The molecule has 0 aliphatic carbocycles. The molecule has 0 bridgehead atoms. The van der Waals surface area contributed by atoms with Gasteiger partial charge in [0.15, 0.2) is 0 Å². The van der Waals surface area contributed by atoms with E-state index >= 15 is 0 Å². The zero-order chi connectivity index (χ0) is 12.3. The second kappa shape index (κ2) is 6.21. The maximum atomic E-state index is 13.8. The van der Waals surface area contributed by atoms with E-state index in [1.807, 2.05) is 23.9 Å². The van der Waals surface area contributed by atoms with E-state index in [4.69, 9.17) is 0 Å². The number of nitrogens with one attached hydrogen (secondary N) is 1. The Kier molecular flexibility index (Phi) is 4.88. The van der Waals surface area contributed by atoms with Crippen LogP contribution < -0.4 is 5.32 Å². The van der Waals surface area contributed by atoms with Crippen LogP contribution >= 0.6 is 27.7 Å². The third-order valence-corrected chi connectivity index (χ3v) is 4.91. The Hall–Kier alpha value is -0.0600. The van der Waals surface area contributed by atoms with Crippen LogP contribution in [0.4, 0.5) is 4.39 Å². The number of hydrogen-bond acceptors (Lipinski definition) is 2. The lowest BCUT2D eigenvalue weighted by molar-refractivity contribution is 0.427. The molecular formula is C13H17BrFNS. The molecule has 1 saturated heterocycles. The molecule has 1 heterocycles. The van der Waals surface area contributed by atoms with Gasteiger partial charge in [-0.25, -0.2) is 4.39 Å². The van der Waals surface area contributed by atoms with Crippen LogP contribution in [-0.2, 0) is 6.42 Å². The first-order valence-corrected chi connectivity index (χ1v) is 7.90. The Bertz CT molecular complexity index is 386. The van der Waals surface area contributed by atoms with Gasteiger partial charge in [0, 0.05) is 16.3 Å². The van der Waals surface area contributed by atoms with Gasteiger partial charge in [0.2, 0.25) is 0 Å². The second-order valence-electron chi connectivity index (χ2n) is 4.40. The van der Waals surface area contributed by atoms with Crippen molar-refractivity contribution >= 4 is 27.7 Å². The van der Waals surface area contributed by atoms with Crippen LogP contribution in [-0.4, -0.2) is 24.1 Å². The van der Waals surface area contributed by atoms with Gasteiger partial charge in [-0.2, -0.15) is 11.8 Å². The largest absolute Gasteiger partial charge is 0.313 e. The minimum Gasteiger partial charge on any atom is -0.313 e. The molecule has 0 aromatic heterocycles. The number of rotatable bonds is 4.